The minimum Gasteiger partial charge on any atom is -0.493 e. The van der Waals surface area contributed by atoms with E-state index in [0.29, 0.717) is 34.4 Å². The van der Waals surface area contributed by atoms with Crippen molar-refractivity contribution in [3.63, 3.8) is 0 Å². The van der Waals surface area contributed by atoms with Crippen molar-refractivity contribution in [2.75, 3.05) is 6.61 Å². The molecule has 2 aromatic heterocycles. The molecule has 0 saturated carbocycles. The molecule has 3 N–H and O–H groups in total. The first-order chi connectivity index (χ1) is 16.6. The first kappa shape index (κ1) is 21.4. The largest absolute Gasteiger partial charge is 0.493 e. The average molecular weight is 451 g/mol. The third kappa shape index (κ3) is 3.31. The number of H-pyrrole nitrogens is 1. The van der Waals surface area contributed by atoms with Gasteiger partial charge in [-0.3, -0.25) is 9.48 Å². The van der Waals surface area contributed by atoms with Crippen LogP contribution in [0.2, 0.25) is 0 Å². The summed E-state index contributed by atoms with van der Waals surface area (Å²) in [6.45, 7) is 2.41. The van der Waals surface area contributed by atoms with Gasteiger partial charge in [-0.25, -0.2) is 5.10 Å². The fourth-order valence-corrected chi connectivity index (χ4v) is 4.45. The molecule has 8 heteroatoms. The van der Waals surface area contributed by atoms with E-state index in [2.05, 4.69) is 21.4 Å². The fraction of sp³-hybridized carbons (Fsp3) is 0.154. The van der Waals surface area contributed by atoms with Gasteiger partial charge in [-0.2, -0.15) is 15.5 Å². The minimum atomic E-state index is -0.338. The van der Waals surface area contributed by atoms with Crippen LogP contribution < -0.4 is 16.0 Å². The Morgan fingerprint density at radius 2 is 1.97 bits per heavy atom. The lowest BCUT2D eigenvalue weighted by Gasteiger charge is -2.14. The standard InChI is InChI=1S/C26H22N6O2/c1-3-34-23-11-16(10-19-22(13-28)30-31-26(33)24(19)23)21-14-29-32(2)25(21)18-9-8-15-6-4-5-7-17(15)20(18)12-27/h4-11,14H,3,13,28H2,1-2H3,(H,31,33). The van der Waals surface area contributed by atoms with Gasteiger partial charge >= 0.3 is 0 Å². The van der Waals surface area contributed by atoms with Crippen molar-refractivity contribution in [2.24, 2.45) is 12.8 Å². The number of nitrogens with two attached hydrogens (primary N) is 1. The topological polar surface area (TPSA) is 123 Å². The summed E-state index contributed by atoms with van der Waals surface area (Å²) in [7, 11) is 1.84. The summed E-state index contributed by atoms with van der Waals surface area (Å²) in [6.07, 6.45) is 1.76. The Bertz CT molecular complexity index is 1660. The van der Waals surface area contributed by atoms with Gasteiger partial charge in [0.25, 0.3) is 5.56 Å². The molecule has 0 aliphatic rings. The number of nitrogens with zero attached hydrogens (tertiary/aromatic N) is 4. The van der Waals surface area contributed by atoms with E-state index >= 15 is 0 Å². The lowest BCUT2D eigenvalue weighted by atomic mass is 9.93. The number of hydrogen-bond donors (Lipinski definition) is 2. The van der Waals surface area contributed by atoms with E-state index in [-0.39, 0.29) is 12.1 Å². The molecule has 0 radical (unpaired) electrons. The Morgan fingerprint density at radius 3 is 2.74 bits per heavy atom. The van der Waals surface area contributed by atoms with Crippen molar-refractivity contribution in [2.45, 2.75) is 13.5 Å². The van der Waals surface area contributed by atoms with Crippen LogP contribution in [0.4, 0.5) is 0 Å². The van der Waals surface area contributed by atoms with Crippen LogP contribution in [0, 0.1) is 11.3 Å². The average Bonchev–Trinajstić information content (AvgIpc) is 3.24. The molecule has 0 bridgehead atoms. The van der Waals surface area contributed by atoms with Gasteiger partial charge in [-0.1, -0.05) is 36.4 Å². The van der Waals surface area contributed by atoms with Crippen LogP contribution in [-0.4, -0.2) is 26.6 Å². The summed E-state index contributed by atoms with van der Waals surface area (Å²) >= 11 is 0. The Morgan fingerprint density at radius 1 is 1.15 bits per heavy atom. The second-order valence-corrected chi connectivity index (χ2v) is 7.89. The zero-order chi connectivity index (χ0) is 23.8. The summed E-state index contributed by atoms with van der Waals surface area (Å²) in [5.41, 5.74) is 9.88. The summed E-state index contributed by atoms with van der Waals surface area (Å²) in [5.74, 6) is 0.446. The number of nitriles is 1. The van der Waals surface area contributed by atoms with Crippen LogP contribution in [0.15, 0.2) is 59.5 Å². The lowest BCUT2D eigenvalue weighted by Crippen LogP contribution is -2.14. The second-order valence-electron chi connectivity index (χ2n) is 7.89. The number of hydrogen-bond acceptors (Lipinski definition) is 6. The molecule has 8 nitrogen and oxygen atoms in total. The highest BCUT2D eigenvalue weighted by molar-refractivity contribution is 5.99. The Balaban J connectivity index is 1.82. The van der Waals surface area contributed by atoms with Crippen LogP contribution in [0.1, 0.15) is 18.2 Å². The summed E-state index contributed by atoms with van der Waals surface area (Å²) < 4.78 is 7.60. The van der Waals surface area contributed by atoms with Crippen LogP contribution in [-0.2, 0) is 13.6 Å². The van der Waals surface area contributed by atoms with Crippen molar-refractivity contribution in [3.05, 3.63) is 76.3 Å². The van der Waals surface area contributed by atoms with Crippen molar-refractivity contribution in [1.82, 2.24) is 20.0 Å². The summed E-state index contributed by atoms with van der Waals surface area (Å²) in [5, 5.41) is 24.1. The molecule has 0 fully saturated rings. The van der Waals surface area contributed by atoms with Gasteiger partial charge in [0.2, 0.25) is 0 Å². The molecular formula is C26H22N6O2. The summed E-state index contributed by atoms with van der Waals surface area (Å²) in [6, 6.07) is 17.9. The summed E-state index contributed by atoms with van der Waals surface area (Å²) in [4.78, 5) is 12.6. The molecular weight excluding hydrogens is 428 g/mol. The predicted molar refractivity (Wildman–Crippen MR) is 131 cm³/mol. The minimum absolute atomic E-state index is 0.158. The van der Waals surface area contributed by atoms with E-state index in [1.807, 2.05) is 62.5 Å². The van der Waals surface area contributed by atoms with Crippen molar-refractivity contribution in [3.8, 4) is 34.2 Å². The molecule has 0 aliphatic heterocycles. The number of aryl methyl sites for hydroxylation is 1. The van der Waals surface area contributed by atoms with Crippen LogP contribution in [0.25, 0.3) is 43.9 Å². The second kappa shape index (κ2) is 8.46. The van der Waals surface area contributed by atoms with Crippen LogP contribution >= 0.6 is 0 Å². The highest BCUT2D eigenvalue weighted by atomic mass is 16.5. The zero-order valence-electron chi connectivity index (χ0n) is 18.8. The maximum Gasteiger partial charge on any atom is 0.275 e. The third-order valence-corrected chi connectivity index (χ3v) is 5.97. The molecule has 0 atom stereocenters. The van der Waals surface area contributed by atoms with Gasteiger partial charge in [0.1, 0.15) is 11.8 Å². The SMILES string of the molecule is CCOc1cc(-c2cnn(C)c2-c2ccc3ccccc3c2C#N)cc2c(CN)n[nH]c(=O)c12. The smallest absolute Gasteiger partial charge is 0.275 e. The molecule has 168 valence electrons. The zero-order valence-corrected chi connectivity index (χ0v) is 18.8. The quantitative estimate of drug-likeness (QED) is 0.419. The van der Waals surface area contributed by atoms with Crippen molar-refractivity contribution in [1.29, 1.82) is 5.26 Å². The predicted octanol–water partition coefficient (Wildman–Crippen LogP) is 3.87. The molecule has 0 amide bonds. The maximum atomic E-state index is 12.6. The van der Waals surface area contributed by atoms with E-state index in [0.717, 1.165) is 33.2 Å². The van der Waals surface area contributed by atoms with Gasteiger partial charge in [-0.05, 0) is 30.0 Å². The first-order valence-corrected chi connectivity index (χ1v) is 10.9. The van der Waals surface area contributed by atoms with Gasteiger partial charge in [0.15, 0.2) is 0 Å². The van der Waals surface area contributed by atoms with Gasteiger partial charge in [-0.15, -0.1) is 0 Å². The normalized spacial score (nSPS) is 11.1. The fourth-order valence-electron chi connectivity index (χ4n) is 4.45. The maximum absolute atomic E-state index is 12.6. The van der Waals surface area contributed by atoms with E-state index in [9.17, 15) is 10.1 Å². The number of fused-ring (bicyclic) bond motifs is 2. The van der Waals surface area contributed by atoms with Crippen LogP contribution in [0.3, 0.4) is 0 Å². The van der Waals surface area contributed by atoms with Gasteiger partial charge < -0.3 is 10.5 Å². The number of aromatic amines is 1. The highest BCUT2D eigenvalue weighted by Gasteiger charge is 2.21. The van der Waals surface area contributed by atoms with Gasteiger partial charge in [0, 0.05) is 35.5 Å². The van der Waals surface area contributed by atoms with E-state index in [1.54, 1.807) is 10.9 Å². The van der Waals surface area contributed by atoms with Crippen LogP contribution in [0.5, 0.6) is 5.75 Å². The molecule has 0 unspecified atom stereocenters. The molecule has 5 rings (SSSR count). The van der Waals surface area contributed by atoms with E-state index in [1.165, 1.54) is 0 Å². The lowest BCUT2D eigenvalue weighted by molar-refractivity contribution is 0.344. The number of benzene rings is 3. The van der Waals surface area contributed by atoms with Crippen molar-refractivity contribution >= 4 is 21.5 Å². The van der Waals surface area contributed by atoms with E-state index < -0.39 is 0 Å². The molecule has 5 aromatic rings. The monoisotopic (exact) mass is 450 g/mol. The third-order valence-electron chi connectivity index (χ3n) is 5.97. The molecule has 0 aliphatic carbocycles. The number of rotatable bonds is 5. The first-order valence-electron chi connectivity index (χ1n) is 10.9. The molecule has 2 heterocycles. The Hall–Kier alpha value is -4.48. The molecule has 0 spiro atoms. The molecule has 0 saturated heterocycles. The Labute approximate surface area is 195 Å². The highest BCUT2D eigenvalue weighted by Crippen LogP contribution is 2.39. The Kier molecular flexibility index (Phi) is 5.32. The number of aromatic nitrogens is 4. The molecule has 34 heavy (non-hydrogen) atoms. The van der Waals surface area contributed by atoms with Crippen molar-refractivity contribution < 1.29 is 4.74 Å². The number of nitrogens with one attached hydrogen (secondary N) is 1. The molecule has 3 aromatic carbocycles. The number of ether oxygens (including phenoxy) is 1. The van der Waals surface area contributed by atoms with Gasteiger partial charge in [0.05, 0.1) is 35.1 Å². The van der Waals surface area contributed by atoms with E-state index in [4.69, 9.17) is 10.5 Å².